The van der Waals surface area contributed by atoms with E-state index in [1.54, 1.807) is 0 Å². The highest BCUT2D eigenvalue weighted by molar-refractivity contribution is 6.29. The van der Waals surface area contributed by atoms with Crippen LogP contribution in [0.5, 0.6) is 0 Å². The van der Waals surface area contributed by atoms with Crippen molar-refractivity contribution in [1.82, 2.24) is 4.98 Å². The zero-order valence-corrected chi connectivity index (χ0v) is 9.46. The predicted molar refractivity (Wildman–Crippen MR) is 60.5 cm³/mol. The molecule has 0 spiro atoms. The molecule has 1 atom stereocenters. The molecule has 78 valence electrons. The molecule has 0 aromatic carbocycles. The summed E-state index contributed by atoms with van der Waals surface area (Å²) in [5.74, 6) is 1.05. The normalized spacial score (nSPS) is 13.2. The molecule has 0 aliphatic rings. The third-order valence-corrected chi connectivity index (χ3v) is 2.49. The van der Waals surface area contributed by atoms with Gasteiger partial charge in [-0.25, -0.2) is 4.98 Å². The van der Waals surface area contributed by atoms with E-state index in [2.05, 4.69) is 18.8 Å². The Morgan fingerprint density at radius 1 is 1.43 bits per heavy atom. The van der Waals surface area contributed by atoms with Crippen molar-refractivity contribution in [3.8, 4) is 0 Å². The van der Waals surface area contributed by atoms with E-state index in [-0.39, 0.29) is 0 Å². The maximum Gasteiger partial charge on any atom is 0.129 e. The van der Waals surface area contributed by atoms with E-state index < -0.39 is 0 Å². The zero-order valence-electron chi connectivity index (χ0n) is 8.70. The van der Waals surface area contributed by atoms with Crippen molar-refractivity contribution < 1.29 is 0 Å². The fourth-order valence-corrected chi connectivity index (χ4v) is 1.68. The summed E-state index contributed by atoms with van der Waals surface area (Å²) in [6, 6.07) is 3.83. The van der Waals surface area contributed by atoms with Gasteiger partial charge in [-0.2, -0.15) is 0 Å². The molecule has 2 nitrogen and oxygen atoms in total. The van der Waals surface area contributed by atoms with E-state index in [1.165, 1.54) is 5.56 Å². The van der Waals surface area contributed by atoms with E-state index in [9.17, 15) is 0 Å². The molecule has 1 rings (SSSR count). The van der Waals surface area contributed by atoms with Gasteiger partial charge in [0.15, 0.2) is 0 Å². The molecular weight excluding hydrogens is 196 g/mol. The number of hydrogen-bond donors (Lipinski definition) is 1. The Morgan fingerprint density at radius 2 is 2.14 bits per heavy atom. The minimum absolute atomic E-state index is 0.403. The van der Waals surface area contributed by atoms with Crippen LogP contribution in [0.25, 0.3) is 0 Å². The lowest BCUT2D eigenvalue weighted by Crippen LogP contribution is -2.14. The molecule has 0 bridgehead atoms. The highest BCUT2D eigenvalue weighted by Gasteiger charge is 2.11. The first-order chi connectivity index (χ1) is 6.63. The molecule has 1 heterocycles. The molecule has 1 aromatic heterocycles. The molecule has 14 heavy (non-hydrogen) atoms. The van der Waals surface area contributed by atoms with Crippen LogP contribution in [0.15, 0.2) is 18.3 Å². The molecule has 0 saturated heterocycles. The van der Waals surface area contributed by atoms with E-state index >= 15 is 0 Å². The van der Waals surface area contributed by atoms with E-state index in [0.717, 1.165) is 6.42 Å². The van der Waals surface area contributed by atoms with Gasteiger partial charge in [0.25, 0.3) is 0 Å². The van der Waals surface area contributed by atoms with Crippen LogP contribution >= 0.6 is 11.6 Å². The highest BCUT2D eigenvalue weighted by Crippen LogP contribution is 2.22. The van der Waals surface area contributed by atoms with Crippen LogP contribution in [0.4, 0.5) is 0 Å². The second kappa shape index (κ2) is 5.32. The van der Waals surface area contributed by atoms with Gasteiger partial charge in [0, 0.05) is 6.20 Å². The molecule has 0 saturated carbocycles. The zero-order chi connectivity index (χ0) is 10.6. The Hall–Kier alpha value is -0.600. The van der Waals surface area contributed by atoms with Gasteiger partial charge in [-0.1, -0.05) is 31.5 Å². The second-order valence-electron chi connectivity index (χ2n) is 3.98. The molecule has 2 N–H and O–H groups in total. The van der Waals surface area contributed by atoms with Crippen molar-refractivity contribution in [3.05, 3.63) is 29.0 Å². The van der Waals surface area contributed by atoms with Gasteiger partial charge in [-0.05, 0) is 36.4 Å². The summed E-state index contributed by atoms with van der Waals surface area (Å²) in [7, 11) is 0. The minimum Gasteiger partial charge on any atom is -0.330 e. The smallest absolute Gasteiger partial charge is 0.129 e. The number of rotatable bonds is 4. The molecule has 3 heteroatoms. The molecule has 0 aliphatic carbocycles. The lowest BCUT2D eigenvalue weighted by atomic mass is 9.91. The van der Waals surface area contributed by atoms with Crippen LogP contribution in [0.1, 0.15) is 31.7 Å². The van der Waals surface area contributed by atoms with E-state index in [4.69, 9.17) is 17.3 Å². The number of pyridine rings is 1. The van der Waals surface area contributed by atoms with Gasteiger partial charge in [-0.3, -0.25) is 0 Å². The Kier molecular flexibility index (Phi) is 4.36. The van der Waals surface area contributed by atoms with Crippen molar-refractivity contribution >= 4 is 11.6 Å². The standard InChI is InChI=1S/C11H17ClN2/c1-8(2)5-10(6-13)9-3-4-11(12)14-7-9/h3-4,7-8,10H,5-6,13H2,1-2H3. The Bertz CT molecular complexity index is 269. The molecular formula is C11H17ClN2. The van der Waals surface area contributed by atoms with Crippen molar-refractivity contribution in [2.45, 2.75) is 26.2 Å². The predicted octanol–water partition coefficient (Wildman–Crippen LogP) is 2.82. The van der Waals surface area contributed by atoms with Gasteiger partial charge < -0.3 is 5.73 Å². The van der Waals surface area contributed by atoms with E-state index in [0.29, 0.717) is 23.5 Å². The van der Waals surface area contributed by atoms with Crippen LogP contribution in [0.2, 0.25) is 5.15 Å². The number of aromatic nitrogens is 1. The SMILES string of the molecule is CC(C)CC(CN)c1ccc(Cl)nc1. The summed E-state index contributed by atoms with van der Waals surface area (Å²) >= 11 is 5.72. The minimum atomic E-state index is 0.403. The lowest BCUT2D eigenvalue weighted by molar-refractivity contribution is 0.503. The van der Waals surface area contributed by atoms with Gasteiger partial charge in [0.2, 0.25) is 0 Å². The topological polar surface area (TPSA) is 38.9 Å². The largest absolute Gasteiger partial charge is 0.330 e. The van der Waals surface area contributed by atoms with Crippen molar-refractivity contribution in [3.63, 3.8) is 0 Å². The van der Waals surface area contributed by atoms with Crippen molar-refractivity contribution in [2.75, 3.05) is 6.54 Å². The first-order valence-corrected chi connectivity index (χ1v) is 5.32. The maximum absolute atomic E-state index is 5.73. The van der Waals surface area contributed by atoms with Crippen LogP contribution in [0, 0.1) is 5.92 Å². The summed E-state index contributed by atoms with van der Waals surface area (Å²) in [6.07, 6.45) is 2.92. The molecule has 0 amide bonds. The number of nitrogens with two attached hydrogens (primary N) is 1. The first kappa shape index (κ1) is 11.5. The average Bonchev–Trinajstić information content (AvgIpc) is 2.15. The second-order valence-corrected chi connectivity index (χ2v) is 4.36. The Balaban J connectivity index is 2.73. The lowest BCUT2D eigenvalue weighted by Gasteiger charge is -2.16. The molecule has 0 fully saturated rings. The number of hydrogen-bond acceptors (Lipinski definition) is 2. The fourth-order valence-electron chi connectivity index (χ4n) is 1.57. The Morgan fingerprint density at radius 3 is 2.57 bits per heavy atom. The molecule has 0 aliphatic heterocycles. The maximum atomic E-state index is 5.73. The van der Waals surface area contributed by atoms with Gasteiger partial charge in [-0.15, -0.1) is 0 Å². The third-order valence-electron chi connectivity index (χ3n) is 2.26. The Labute approximate surface area is 90.5 Å². The van der Waals surface area contributed by atoms with Gasteiger partial charge in [0.1, 0.15) is 5.15 Å². The van der Waals surface area contributed by atoms with Crippen LogP contribution < -0.4 is 5.73 Å². The summed E-state index contributed by atoms with van der Waals surface area (Å²) in [4.78, 5) is 4.07. The van der Waals surface area contributed by atoms with E-state index in [1.807, 2.05) is 18.3 Å². The monoisotopic (exact) mass is 212 g/mol. The van der Waals surface area contributed by atoms with Crippen molar-refractivity contribution in [1.29, 1.82) is 0 Å². The van der Waals surface area contributed by atoms with Crippen LogP contribution in [0.3, 0.4) is 0 Å². The highest BCUT2D eigenvalue weighted by atomic mass is 35.5. The van der Waals surface area contributed by atoms with Crippen LogP contribution in [-0.4, -0.2) is 11.5 Å². The quantitative estimate of drug-likeness (QED) is 0.780. The van der Waals surface area contributed by atoms with Crippen molar-refractivity contribution in [2.24, 2.45) is 11.7 Å². The summed E-state index contributed by atoms with van der Waals surface area (Å²) in [6.45, 7) is 5.07. The summed E-state index contributed by atoms with van der Waals surface area (Å²) < 4.78 is 0. The molecule has 1 aromatic rings. The van der Waals surface area contributed by atoms with Gasteiger partial charge in [0.05, 0.1) is 0 Å². The molecule has 0 radical (unpaired) electrons. The molecule has 1 unspecified atom stereocenters. The van der Waals surface area contributed by atoms with Crippen LogP contribution in [-0.2, 0) is 0 Å². The summed E-state index contributed by atoms with van der Waals surface area (Å²) in [5.41, 5.74) is 6.92. The fraction of sp³-hybridized carbons (Fsp3) is 0.545. The van der Waals surface area contributed by atoms with Gasteiger partial charge >= 0.3 is 0 Å². The first-order valence-electron chi connectivity index (χ1n) is 4.95. The summed E-state index contributed by atoms with van der Waals surface area (Å²) in [5, 5.41) is 0.536. The third kappa shape index (κ3) is 3.28. The number of halogens is 1. The average molecular weight is 213 g/mol. The number of nitrogens with zero attached hydrogens (tertiary/aromatic N) is 1.